The summed E-state index contributed by atoms with van der Waals surface area (Å²) >= 11 is 0. The van der Waals surface area contributed by atoms with Gasteiger partial charge in [0.05, 0.1) is 0 Å². The Morgan fingerprint density at radius 3 is 2.67 bits per heavy atom. The smallest absolute Gasteiger partial charge is 0.135 e. The van der Waals surface area contributed by atoms with E-state index in [1.165, 1.54) is 11.4 Å². The van der Waals surface area contributed by atoms with E-state index in [2.05, 4.69) is 46.6 Å². The zero-order chi connectivity index (χ0) is 19.2. The van der Waals surface area contributed by atoms with E-state index in [4.69, 9.17) is 9.97 Å². The molecule has 2 aromatic heterocycles. The Kier molecular flexibility index (Phi) is 6.83. The summed E-state index contributed by atoms with van der Waals surface area (Å²) in [6, 6.07) is 0. The van der Waals surface area contributed by atoms with Gasteiger partial charge in [0.2, 0.25) is 0 Å². The van der Waals surface area contributed by atoms with Crippen LogP contribution in [0.3, 0.4) is 0 Å². The number of rotatable bonds is 8. The van der Waals surface area contributed by atoms with Crippen LogP contribution in [0.15, 0.2) is 18.6 Å². The molecule has 3 heterocycles. The summed E-state index contributed by atoms with van der Waals surface area (Å²) in [6.45, 7) is 8.45. The van der Waals surface area contributed by atoms with Crippen LogP contribution in [-0.2, 0) is 13.0 Å². The third-order valence-electron chi connectivity index (χ3n) is 5.39. The second-order valence-electron chi connectivity index (χ2n) is 7.91. The lowest BCUT2D eigenvalue weighted by molar-refractivity contribution is 0.379. The molecule has 1 fully saturated rings. The minimum atomic E-state index is 0.549. The topological polar surface area (TPSA) is 50.1 Å². The maximum absolute atomic E-state index is 4.77. The number of nitrogens with zero attached hydrogens (tertiary/aromatic N) is 6. The first-order valence-corrected chi connectivity index (χ1v) is 10.3. The van der Waals surface area contributed by atoms with E-state index in [1.54, 1.807) is 0 Å². The van der Waals surface area contributed by atoms with Gasteiger partial charge in [-0.2, -0.15) is 0 Å². The normalized spacial score (nSPS) is 15.7. The third kappa shape index (κ3) is 5.06. The Hall–Kier alpha value is -1.95. The fourth-order valence-corrected chi connectivity index (χ4v) is 3.98. The van der Waals surface area contributed by atoms with Crippen LogP contribution in [0.2, 0.25) is 0 Å². The van der Waals surface area contributed by atoms with Crippen LogP contribution in [0.5, 0.6) is 0 Å². The molecule has 148 valence electrons. The lowest BCUT2D eigenvalue weighted by Crippen LogP contribution is -2.35. The monoisotopic (exact) mass is 370 g/mol. The molecule has 0 aliphatic carbocycles. The zero-order valence-electron chi connectivity index (χ0n) is 17.4. The van der Waals surface area contributed by atoms with Gasteiger partial charge in [-0.1, -0.05) is 13.3 Å². The van der Waals surface area contributed by atoms with E-state index in [0.717, 1.165) is 69.9 Å². The number of hydrogen-bond donors (Lipinski definition) is 0. The second-order valence-corrected chi connectivity index (χ2v) is 7.91. The Morgan fingerprint density at radius 1 is 1.19 bits per heavy atom. The van der Waals surface area contributed by atoms with Crippen molar-refractivity contribution in [3.05, 3.63) is 35.8 Å². The van der Waals surface area contributed by atoms with Crippen molar-refractivity contribution >= 4 is 5.82 Å². The molecule has 0 amide bonds. The molecule has 0 bridgehead atoms. The number of anilines is 1. The highest BCUT2D eigenvalue weighted by atomic mass is 15.2. The summed E-state index contributed by atoms with van der Waals surface area (Å²) in [5.74, 6) is 3.83. The second kappa shape index (κ2) is 9.31. The van der Waals surface area contributed by atoms with E-state index >= 15 is 0 Å². The van der Waals surface area contributed by atoms with E-state index < -0.39 is 0 Å². The van der Waals surface area contributed by atoms with Crippen LogP contribution in [0.25, 0.3) is 0 Å². The van der Waals surface area contributed by atoms with E-state index in [1.807, 2.05) is 19.3 Å². The third-order valence-corrected chi connectivity index (χ3v) is 5.39. The van der Waals surface area contributed by atoms with Crippen molar-refractivity contribution in [2.45, 2.75) is 58.4 Å². The van der Waals surface area contributed by atoms with Crippen LogP contribution in [0, 0.1) is 6.92 Å². The van der Waals surface area contributed by atoms with Gasteiger partial charge in [-0.3, -0.25) is 0 Å². The summed E-state index contributed by atoms with van der Waals surface area (Å²) in [4.78, 5) is 18.6. The van der Waals surface area contributed by atoms with Gasteiger partial charge in [0.15, 0.2) is 0 Å². The molecule has 2 aromatic rings. The largest absolute Gasteiger partial charge is 0.356 e. The molecular formula is C21H34N6. The summed E-state index contributed by atoms with van der Waals surface area (Å²) in [5.41, 5.74) is 1.28. The van der Waals surface area contributed by atoms with Gasteiger partial charge >= 0.3 is 0 Å². The molecule has 0 spiro atoms. The summed E-state index contributed by atoms with van der Waals surface area (Å²) in [5, 5.41) is 0. The van der Waals surface area contributed by atoms with Gasteiger partial charge in [-0.05, 0) is 53.2 Å². The maximum Gasteiger partial charge on any atom is 0.135 e. The van der Waals surface area contributed by atoms with E-state index in [-0.39, 0.29) is 0 Å². The van der Waals surface area contributed by atoms with Gasteiger partial charge in [-0.15, -0.1) is 0 Å². The zero-order valence-corrected chi connectivity index (χ0v) is 17.4. The molecule has 0 atom stereocenters. The molecule has 0 N–H and O–H groups in total. The maximum atomic E-state index is 4.77. The summed E-state index contributed by atoms with van der Waals surface area (Å²) in [6.07, 6.45) is 11.7. The number of aromatic nitrogens is 4. The van der Waals surface area contributed by atoms with Crippen molar-refractivity contribution in [3.8, 4) is 0 Å². The molecule has 3 rings (SSSR count). The molecule has 0 aromatic carbocycles. The van der Waals surface area contributed by atoms with Crippen molar-refractivity contribution in [3.63, 3.8) is 0 Å². The van der Waals surface area contributed by atoms with Crippen molar-refractivity contribution in [2.24, 2.45) is 0 Å². The highest BCUT2D eigenvalue weighted by Gasteiger charge is 2.25. The minimum Gasteiger partial charge on any atom is -0.356 e. The quantitative estimate of drug-likeness (QED) is 0.714. The molecule has 1 aliphatic heterocycles. The standard InChI is InChI=1S/C21H34N6/c1-5-7-19-16-23-17(2)24-21(19)27-13-8-18(9-14-27)20-22-10-15-26(20)12-6-11-25(3)4/h10,15-16,18H,5-9,11-14H2,1-4H3. The molecule has 0 saturated carbocycles. The van der Waals surface area contributed by atoms with Crippen molar-refractivity contribution in [1.29, 1.82) is 0 Å². The van der Waals surface area contributed by atoms with Crippen molar-refractivity contribution < 1.29 is 0 Å². The molecular weight excluding hydrogens is 336 g/mol. The van der Waals surface area contributed by atoms with Gasteiger partial charge in [0.25, 0.3) is 0 Å². The van der Waals surface area contributed by atoms with Crippen LogP contribution < -0.4 is 4.90 Å². The Bertz CT molecular complexity index is 715. The molecule has 1 saturated heterocycles. The molecule has 1 aliphatic rings. The highest BCUT2D eigenvalue weighted by Crippen LogP contribution is 2.30. The average Bonchev–Trinajstić information content (AvgIpc) is 3.12. The first-order chi connectivity index (χ1) is 13.1. The highest BCUT2D eigenvalue weighted by molar-refractivity contribution is 5.46. The van der Waals surface area contributed by atoms with Crippen LogP contribution in [-0.4, -0.2) is 58.1 Å². The first-order valence-electron chi connectivity index (χ1n) is 10.3. The Balaban J connectivity index is 1.63. The van der Waals surface area contributed by atoms with Crippen molar-refractivity contribution in [1.82, 2.24) is 24.4 Å². The number of imidazole rings is 1. The van der Waals surface area contributed by atoms with Crippen LogP contribution >= 0.6 is 0 Å². The summed E-state index contributed by atoms with van der Waals surface area (Å²) in [7, 11) is 4.26. The van der Waals surface area contributed by atoms with Gasteiger partial charge in [0, 0.05) is 49.7 Å². The molecule has 6 heteroatoms. The van der Waals surface area contributed by atoms with Gasteiger partial charge in [0.1, 0.15) is 17.5 Å². The number of piperidine rings is 1. The summed E-state index contributed by atoms with van der Waals surface area (Å²) < 4.78 is 2.36. The lowest BCUT2D eigenvalue weighted by atomic mass is 9.95. The van der Waals surface area contributed by atoms with Gasteiger partial charge < -0.3 is 14.4 Å². The Labute approximate surface area is 163 Å². The fourth-order valence-electron chi connectivity index (χ4n) is 3.98. The number of hydrogen-bond acceptors (Lipinski definition) is 5. The number of aryl methyl sites for hydroxylation is 3. The predicted octanol–water partition coefficient (Wildman–Crippen LogP) is 3.27. The lowest BCUT2D eigenvalue weighted by Gasteiger charge is -2.34. The Morgan fingerprint density at radius 2 is 1.96 bits per heavy atom. The molecule has 0 unspecified atom stereocenters. The molecule has 6 nitrogen and oxygen atoms in total. The minimum absolute atomic E-state index is 0.549. The predicted molar refractivity (Wildman–Crippen MR) is 110 cm³/mol. The first kappa shape index (κ1) is 19.8. The van der Waals surface area contributed by atoms with Gasteiger partial charge in [-0.25, -0.2) is 15.0 Å². The van der Waals surface area contributed by atoms with Crippen molar-refractivity contribution in [2.75, 3.05) is 38.6 Å². The average molecular weight is 371 g/mol. The van der Waals surface area contributed by atoms with E-state index in [9.17, 15) is 0 Å². The van der Waals surface area contributed by atoms with Crippen LogP contribution in [0.1, 0.15) is 55.7 Å². The van der Waals surface area contributed by atoms with E-state index in [0.29, 0.717) is 5.92 Å². The SMILES string of the molecule is CCCc1cnc(C)nc1N1CCC(c2nccn2CCCN(C)C)CC1. The molecule has 27 heavy (non-hydrogen) atoms. The van der Waals surface area contributed by atoms with Crippen LogP contribution in [0.4, 0.5) is 5.82 Å². The fraction of sp³-hybridized carbons (Fsp3) is 0.667. The molecule has 0 radical (unpaired) electrons.